The van der Waals surface area contributed by atoms with E-state index in [0.717, 1.165) is 16.7 Å². The molecule has 0 saturated carbocycles. The average molecular weight is 332 g/mol. The van der Waals surface area contributed by atoms with Crippen LogP contribution in [-0.4, -0.2) is 31.1 Å². The van der Waals surface area contributed by atoms with E-state index in [1.165, 1.54) is 0 Å². The summed E-state index contributed by atoms with van der Waals surface area (Å²) in [5.74, 6) is 1.09. The Morgan fingerprint density at radius 3 is 2.96 bits per heavy atom. The minimum Gasteiger partial charge on any atom is -0.496 e. The summed E-state index contributed by atoms with van der Waals surface area (Å²) in [6.45, 7) is 2.17. The minimum absolute atomic E-state index is 0.170. The zero-order valence-electron chi connectivity index (χ0n) is 13.7. The molecule has 0 radical (unpaired) electrons. The molecule has 128 valence electrons. The number of fused-ring (bicyclic) bond motifs is 6. The van der Waals surface area contributed by atoms with Crippen LogP contribution in [0.2, 0.25) is 0 Å². The van der Waals surface area contributed by atoms with E-state index in [1.54, 1.807) is 13.2 Å². The van der Waals surface area contributed by atoms with Gasteiger partial charge in [0.05, 0.1) is 19.1 Å². The van der Waals surface area contributed by atoms with Crippen LogP contribution in [0.4, 0.5) is 0 Å². The molecule has 6 heteroatoms. The third kappa shape index (κ3) is 2.33. The van der Waals surface area contributed by atoms with E-state index in [0.29, 0.717) is 36.5 Å². The molecule has 0 unspecified atom stereocenters. The van der Waals surface area contributed by atoms with Crippen LogP contribution >= 0.6 is 0 Å². The highest BCUT2D eigenvalue weighted by Gasteiger charge is 2.43. The summed E-state index contributed by atoms with van der Waals surface area (Å²) in [5.41, 5.74) is 2.85. The Hall–Kier alpha value is -2.21. The average Bonchev–Trinajstić information content (AvgIpc) is 3.17. The molecule has 1 saturated heterocycles. The number of hydrogen-bond donors (Lipinski definition) is 1. The molecular weight excluding hydrogens is 312 g/mol. The monoisotopic (exact) mass is 332 g/mol. The number of rotatable bonds is 1. The number of ether oxygens (including phenoxy) is 4. The smallest absolute Gasteiger partial charge is 0.312 e. The summed E-state index contributed by atoms with van der Waals surface area (Å²) >= 11 is 0. The van der Waals surface area contributed by atoms with Crippen molar-refractivity contribution in [1.29, 1.82) is 0 Å². The van der Waals surface area contributed by atoms with Gasteiger partial charge in [0.15, 0.2) is 11.5 Å². The molecule has 6 nitrogen and oxygen atoms in total. The van der Waals surface area contributed by atoms with Crippen molar-refractivity contribution in [3.05, 3.63) is 28.8 Å². The largest absolute Gasteiger partial charge is 0.496 e. The predicted octanol–water partition coefficient (Wildman–Crippen LogP) is 2.28. The van der Waals surface area contributed by atoms with Crippen molar-refractivity contribution in [2.45, 2.75) is 38.4 Å². The molecule has 1 fully saturated rings. The van der Waals surface area contributed by atoms with Gasteiger partial charge in [-0.15, -0.1) is 0 Å². The molecule has 3 atom stereocenters. The Labute approximate surface area is 140 Å². The fourth-order valence-electron chi connectivity index (χ4n) is 3.73. The van der Waals surface area contributed by atoms with E-state index in [2.05, 4.69) is 0 Å². The van der Waals surface area contributed by atoms with E-state index in [-0.39, 0.29) is 12.8 Å². The molecule has 1 aliphatic carbocycles. The molecule has 1 N–H and O–H groups in total. The molecule has 3 aliphatic rings. The van der Waals surface area contributed by atoms with Crippen LogP contribution in [0.5, 0.6) is 17.2 Å². The highest BCUT2D eigenvalue weighted by molar-refractivity contribution is 5.76. The van der Waals surface area contributed by atoms with E-state index >= 15 is 0 Å². The SMILES string of the molecule is COc1cc2c(c3c1[C@H]1C[C@H](C(=O)O1)[C@H](O)C/C=C(\C)C3)OCO2. The van der Waals surface area contributed by atoms with Crippen LogP contribution < -0.4 is 14.2 Å². The van der Waals surface area contributed by atoms with E-state index in [4.69, 9.17) is 18.9 Å². The van der Waals surface area contributed by atoms with Crippen molar-refractivity contribution in [3.8, 4) is 17.2 Å². The number of esters is 1. The number of carbonyl (C=O) groups is 1. The van der Waals surface area contributed by atoms with E-state index < -0.39 is 18.1 Å². The van der Waals surface area contributed by atoms with Gasteiger partial charge in [0.25, 0.3) is 0 Å². The molecule has 0 spiro atoms. The van der Waals surface area contributed by atoms with Crippen molar-refractivity contribution in [2.75, 3.05) is 13.9 Å². The number of carbonyl (C=O) groups excluding carboxylic acids is 1. The quantitative estimate of drug-likeness (QED) is 0.628. The maximum Gasteiger partial charge on any atom is 0.312 e. The Morgan fingerprint density at radius 1 is 1.33 bits per heavy atom. The summed E-state index contributed by atoms with van der Waals surface area (Å²) in [6, 6.07) is 1.78. The van der Waals surface area contributed by atoms with Gasteiger partial charge in [0, 0.05) is 23.6 Å². The van der Waals surface area contributed by atoms with Crippen molar-refractivity contribution >= 4 is 5.97 Å². The third-order valence-corrected chi connectivity index (χ3v) is 4.97. The Bertz CT molecular complexity index is 723. The second-order valence-electron chi connectivity index (χ2n) is 6.50. The molecular formula is C18H20O6. The van der Waals surface area contributed by atoms with E-state index in [1.807, 2.05) is 13.0 Å². The molecule has 4 rings (SSSR count). The van der Waals surface area contributed by atoms with Crippen LogP contribution in [0.25, 0.3) is 0 Å². The Balaban J connectivity index is 1.91. The first-order valence-corrected chi connectivity index (χ1v) is 8.12. The predicted molar refractivity (Wildman–Crippen MR) is 84.1 cm³/mol. The lowest BCUT2D eigenvalue weighted by atomic mass is 9.87. The van der Waals surface area contributed by atoms with Gasteiger partial charge >= 0.3 is 5.97 Å². The summed E-state index contributed by atoms with van der Waals surface area (Å²) in [4.78, 5) is 12.2. The maximum atomic E-state index is 12.2. The lowest BCUT2D eigenvalue weighted by molar-refractivity contribution is -0.146. The highest BCUT2D eigenvalue weighted by Crippen LogP contribution is 2.50. The van der Waals surface area contributed by atoms with Gasteiger partial charge in [0.1, 0.15) is 11.9 Å². The van der Waals surface area contributed by atoms with Crippen LogP contribution in [0.1, 0.15) is 37.0 Å². The van der Waals surface area contributed by atoms with Crippen LogP contribution in [-0.2, 0) is 16.0 Å². The zero-order valence-corrected chi connectivity index (χ0v) is 13.7. The number of aliphatic hydroxyl groups excluding tert-OH is 1. The summed E-state index contributed by atoms with van der Waals surface area (Å²) in [5, 5.41) is 10.3. The van der Waals surface area contributed by atoms with Crippen molar-refractivity contribution < 1.29 is 28.8 Å². The molecule has 1 aromatic rings. The minimum atomic E-state index is -0.723. The first-order valence-electron chi connectivity index (χ1n) is 8.12. The topological polar surface area (TPSA) is 74.2 Å². The van der Waals surface area contributed by atoms with Gasteiger partial charge in [0.2, 0.25) is 6.79 Å². The van der Waals surface area contributed by atoms with Gasteiger partial charge in [-0.1, -0.05) is 11.6 Å². The lowest BCUT2D eigenvalue weighted by Gasteiger charge is -2.21. The fourth-order valence-corrected chi connectivity index (χ4v) is 3.73. The normalized spacial score (nSPS) is 30.2. The van der Waals surface area contributed by atoms with Gasteiger partial charge in [-0.25, -0.2) is 0 Å². The van der Waals surface area contributed by atoms with Crippen molar-refractivity contribution in [3.63, 3.8) is 0 Å². The second kappa shape index (κ2) is 5.70. The third-order valence-electron chi connectivity index (χ3n) is 4.97. The standard InChI is InChI=1S/C18H20O6/c1-9-3-4-12(19)10-6-14(24-18(10)20)16-11(5-9)17-15(22-8-23-17)7-13(16)21-2/h3,7,10,12,14,19H,4-6,8H2,1-2H3/b9-3+/t10-,12+,14+/m0/s1. The fraction of sp³-hybridized carbons (Fsp3) is 0.500. The van der Waals surface area contributed by atoms with E-state index in [9.17, 15) is 9.90 Å². The number of aliphatic hydroxyl groups is 1. The molecule has 24 heavy (non-hydrogen) atoms. The number of hydrogen-bond acceptors (Lipinski definition) is 6. The maximum absolute atomic E-state index is 12.2. The number of methoxy groups -OCH3 is 1. The Kier molecular flexibility index (Phi) is 3.64. The zero-order chi connectivity index (χ0) is 16.8. The van der Waals surface area contributed by atoms with Crippen LogP contribution in [0, 0.1) is 5.92 Å². The molecule has 0 aromatic heterocycles. The lowest BCUT2D eigenvalue weighted by Crippen LogP contribution is -2.24. The molecule has 2 bridgehead atoms. The van der Waals surface area contributed by atoms with Crippen LogP contribution in [0.3, 0.4) is 0 Å². The first kappa shape index (κ1) is 15.3. The first-order chi connectivity index (χ1) is 11.6. The van der Waals surface area contributed by atoms with Crippen molar-refractivity contribution in [1.82, 2.24) is 0 Å². The number of benzene rings is 1. The molecule has 2 aliphatic heterocycles. The Morgan fingerprint density at radius 2 is 2.17 bits per heavy atom. The van der Waals surface area contributed by atoms with Gasteiger partial charge in [-0.2, -0.15) is 0 Å². The van der Waals surface area contributed by atoms with Gasteiger partial charge in [-0.3, -0.25) is 4.79 Å². The van der Waals surface area contributed by atoms with Crippen molar-refractivity contribution in [2.24, 2.45) is 5.92 Å². The van der Waals surface area contributed by atoms with Crippen LogP contribution in [0.15, 0.2) is 17.7 Å². The summed E-state index contributed by atoms with van der Waals surface area (Å²) in [6.07, 6.45) is 2.32. The van der Waals surface area contributed by atoms with Gasteiger partial charge < -0.3 is 24.1 Å². The summed E-state index contributed by atoms with van der Waals surface area (Å²) in [7, 11) is 1.59. The molecule has 2 heterocycles. The number of allylic oxidation sites excluding steroid dienone is 1. The summed E-state index contributed by atoms with van der Waals surface area (Å²) < 4.78 is 22.3. The molecule has 0 amide bonds. The highest BCUT2D eigenvalue weighted by atomic mass is 16.7. The van der Waals surface area contributed by atoms with Gasteiger partial charge in [-0.05, 0) is 19.8 Å². The second-order valence-corrected chi connectivity index (χ2v) is 6.50. The molecule has 1 aromatic carbocycles.